The fourth-order valence-corrected chi connectivity index (χ4v) is 3.47. The van der Waals surface area contributed by atoms with Gasteiger partial charge in [0.2, 0.25) is 0 Å². The number of anilines is 1. The van der Waals surface area contributed by atoms with Crippen LogP contribution in [0.2, 0.25) is 0 Å². The average Bonchev–Trinajstić information content (AvgIpc) is 3.07. The molecule has 10 heteroatoms. The second-order valence-electron chi connectivity index (χ2n) is 6.48. The monoisotopic (exact) mass is 466 g/mol. The van der Waals surface area contributed by atoms with Crippen LogP contribution in [0.4, 0.5) is 15.0 Å². The molecular formula is C19H20BrFN4O4. The fourth-order valence-electron chi connectivity index (χ4n) is 3.08. The van der Waals surface area contributed by atoms with Gasteiger partial charge in [0.05, 0.1) is 29.2 Å². The first-order valence-electron chi connectivity index (χ1n) is 8.79. The molecule has 0 spiro atoms. The van der Waals surface area contributed by atoms with Crippen LogP contribution in [0.3, 0.4) is 0 Å². The lowest BCUT2D eigenvalue weighted by Gasteiger charge is -2.35. The zero-order chi connectivity index (χ0) is 21.1. The highest BCUT2D eigenvalue weighted by Crippen LogP contribution is 2.33. The Morgan fingerprint density at radius 2 is 2.17 bits per heavy atom. The van der Waals surface area contributed by atoms with Crippen molar-refractivity contribution in [1.82, 2.24) is 15.4 Å². The van der Waals surface area contributed by atoms with E-state index < -0.39 is 17.8 Å². The number of hydrogen-bond donors (Lipinski definition) is 2. The number of urea groups is 1. The number of rotatable bonds is 6. The van der Waals surface area contributed by atoms with Gasteiger partial charge in [0.25, 0.3) is 5.91 Å². The topological polar surface area (TPSA) is 96.7 Å². The van der Waals surface area contributed by atoms with E-state index >= 15 is 0 Å². The van der Waals surface area contributed by atoms with Crippen molar-refractivity contribution in [3.05, 3.63) is 57.1 Å². The Balaban J connectivity index is 2.02. The van der Waals surface area contributed by atoms with Gasteiger partial charge in [-0.3, -0.25) is 9.69 Å². The molecule has 2 heterocycles. The molecule has 0 fully saturated rings. The van der Waals surface area contributed by atoms with E-state index in [0.29, 0.717) is 29.2 Å². The molecule has 154 valence electrons. The van der Waals surface area contributed by atoms with Gasteiger partial charge < -0.3 is 19.9 Å². The van der Waals surface area contributed by atoms with Gasteiger partial charge in [-0.2, -0.15) is 0 Å². The van der Waals surface area contributed by atoms with Gasteiger partial charge in [-0.1, -0.05) is 11.2 Å². The molecule has 2 aromatic rings. The van der Waals surface area contributed by atoms with Crippen molar-refractivity contribution in [3.63, 3.8) is 0 Å². The van der Waals surface area contributed by atoms with Gasteiger partial charge in [0, 0.05) is 18.9 Å². The molecule has 0 bridgehead atoms. The molecule has 0 unspecified atom stereocenters. The van der Waals surface area contributed by atoms with Gasteiger partial charge in [0.15, 0.2) is 5.82 Å². The highest BCUT2D eigenvalue weighted by atomic mass is 79.9. The number of benzene rings is 1. The number of aryl methyl sites for hydroxylation is 1. The molecule has 0 saturated carbocycles. The number of ether oxygens (including phenoxy) is 1. The molecule has 1 aromatic carbocycles. The van der Waals surface area contributed by atoms with Crippen molar-refractivity contribution in [2.45, 2.75) is 19.9 Å². The van der Waals surface area contributed by atoms with Crippen LogP contribution in [-0.2, 0) is 9.53 Å². The second-order valence-corrected chi connectivity index (χ2v) is 7.33. The Kier molecular flexibility index (Phi) is 6.33. The lowest BCUT2D eigenvalue weighted by atomic mass is 9.94. The predicted octanol–water partition coefficient (Wildman–Crippen LogP) is 3.51. The molecule has 1 aliphatic rings. The van der Waals surface area contributed by atoms with E-state index in [1.807, 2.05) is 0 Å². The second kappa shape index (κ2) is 8.75. The van der Waals surface area contributed by atoms with Crippen molar-refractivity contribution in [1.29, 1.82) is 0 Å². The number of carbonyl (C=O) groups excluding carboxylic acids is 2. The van der Waals surface area contributed by atoms with Crippen LogP contribution in [0.1, 0.15) is 24.3 Å². The van der Waals surface area contributed by atoms with Crippen molar-refractivity contribution in [2.75, 3.05) is 25.6 Å². The van der Waals surface area contributed by atoms with Gasteiger partial charge in [-0.25, -0.2) is 9.18 Å². The van der Waals surface area contributed by atoms with Crippen LogP contribution in [0, 0.1) is 12.7 Å². The molecule has 0 radical (unpaired) electrons. The largest absolute Gasteiger partial charge is 0.383 e. The summed E-state index contributed by atoms with van der Waals surface area (Å²) >= 11 is 3.15. The first-order valence-corrected chi connectivity index (χ1v) is 9.58. The van der Waals surface area contributed by atoms with E-state index in [1.165, 1.54) is 30.2 Å². The summed E-state index contributed by atoms with van der Waals surface area (Å²) in [5.74, 6) is -0.0955. The summed E-state index contributed by atoms with van der Waals surface area (Å²) in [7, 11) is 1.53. The fraction of sp³-hybridized carbons (Fsp3) is 0.316. The molecule has 2 N–H and O–H groups in total. The van der Waals surface area contributed by atoms with Crippen LogP contribution >= 0.6 is 15.9 Å². The van der Waals surface area contributed by atoms with Crippen molar-refractivity contribution < 1.29 is 23.2 Å². The maximum atomic E-state index is 13.7. The van der Waals surface area contributed by atoms with E-state index in [9.17, 15) is 14.0 Å². The normalized spacial score (nSPS) is 16.8. The van der Waals surface area contributed by atoms with Crippen LogP contribution in [0.5, 0.6) is 0 Å². The van der Waals surface area contributed by atoms with Crippen LogP contribution in [0.25, 0.3) is 0 Å². The number of allylic oxidation sites excluding steroid dienone is 1. The molecule has 1 aromatic heterocycles. The predicted molar refractivity (Wildman–Crippen MR) is 107 cm³/mol. The molecular weight excluding hydrogens is 447 g/mol. The Morgan fingerprint density at radius 1 is 1.41 bits per heavy atom. The minimum atomic E-state index is -0.772. The molecule has 8 nitrogen and oxygen atoms in total. The summed E-state index contributed by atoms with van der Waals surface area (Å²) in [5.41, 5.74) is 1.33. The third-order valence-electron chi connectivity index (χ3n) is 4.51. The standard InChI is InChI=1S/C19H20BrFN4O4/c1-10-8-15(24-29-10)22-18(26)16-11(2)25(6-7-28-3)19(27)23-17(16)12-4-5-14(21)13(20)9-12/h4-5,8-9,17H,6-7H2,1-3H3,(H,23,27)(H,22,24,26)/t17-/m0/s1. The SMILES string of the molecule is COCCN1C(=O)N[C@@H](c2ccc(F)c(Br)c2)C(C(=O)Nc2cc(C)on2)=C1C. The number of nitrogens with one attached hydrogen (secondary N) is 2. The van der Waals surface area contributed by atoms with E-state index in [-0.39, 0.29) is 22.9 Å². The zero-order valence-electron chi connectivity index (χ0n) is 16.1. The third-order valence-corrected chi connectivity index (χ3v) is 5.11. The summed E-state index contributed by atoms with van der Waals surface area (Å²) in [6, 6.07) is 4.77. The molecule has 29 heavy (non-hydrogen) atoms. The minimum Gasteiger partial charge on any atom is -0.383 e. The summed E-state index contributed by atoms with van der Waals surface area (Å²) < 4.78 is 24.0. The number of carbonyl (C=O) groups is 2. The number of halogens is 2. The summed E-state index contributed by atoms with van der Waals surface area (Å²) in [6.45, 7) is 3.96. The number of aromatic nitrogens is 1. The van der Waals surface area contributed by atoms with Gasteiger partial charge >= 0.3 is 6.03 Å². The highest BCUT2D eigenvalue weighted by Gasteiger charge is 2.36. The van der Waals surface area contributed by atoms with Crippen LogP contribution in [-0.4, -0.2) is 42.3 Å². The van der Waals surface area contributed by atoms with E-state index in [1.54, 1.807) is 19.9 Å². The smallest absolute Gasteiger partial charge is 0.322 e. The lowest BCUT2D eigenvalue weighted by molar-refractivity contribution is -0.113. The third kappa shape index (κ3) is 4.48. The molecule has 3 amide bonds. The van der Waals surface area contributed by atoms with Gasteiger partial charge in [0.1, 0.15) is 11.6 Å². The zero-order valence-corrected chi connectivity index (χ0v) is 17.7. The Labute approximate surface area is 175 Å². The quantitative estimate of drug-likeness (QED) is 0.678. The summed E-state index contributed by atoms with van der Waals surface area (Å²) in [4.78, 5) is 27.2. The van der Waals surface area contributed by atoms with Crippen molar-refractivity contribution >= 4 is 33.7 Å². The Bertz CT molecular complexity index is 975. The maximum absolute atomic E-state index is 13.7. The molecule has 0 aliphatic carbocycles. The molecule has 1 aliphatic heterocycles. The first-order chi connectivity index (χ1) is 13.8. The van der Waals surface area contributed by atoms with E-state index in [0.717, 1.165) is 0 Å². The summed E-state index contributed by atoms with van der Waals surface area (Å²) in [5, 5.41) is 9.27. The van der Waals surface area contributed by atoms with Gasteiger partial charge in [-0.05, 0) is 47.5 Å². The Hall–Kier alpha value is -2.72. The first kappa shape index (κ1) is 21.0. The number of methoxy groups -OCH3 is 1. The minimum absolute atomic E-state index is 0.232. The van der Waals surface area contributed by atoms with Crippen LogP contribution < -0.4 is 10.6 Å². The maximum Gasteiger partial charge on any atom is 0.322 e. The van der Waals surface area contributed by atoms with Crippen molar-refractivity contribution in [3.8, 4) is 0 Å². The highest BCUT2D eigenvalue weighted by molar-refractivity contribution is 9.10. The number of hydrogen-bond acceptors (Lipinski definition) is 5. The molecule has 1 atom stereocenters. The summed E-state index contributed by atoms with van der Waals surface area (Å²) in [6.07, 6.45) is 0. The van der Waals surface area contributed by atoms with Crippen LogP contribution in [0.15, 0.2) is 44.5 Å². The van der Waals surface area contributed by atoms with Gasteiger partial charge in [-0.15, -0.1) is 0 Å². The average molecular weight is 467 g/mol. The molecule has 3 rings (SSSR count). The van der Waals surface area contributed by atoms with E-state index in [2.05, 4.69) is 31.7 Å². The number of amides is 3. The Morgan fingerprint density at radius 3 is 2.79 bits per heavy atom. The lowest BCUT2D eigenvalue weighted by Crippen LogP contribution is -2.49. The molecule has 0 saturated heterocycles. The van der Waals surface area contributed by atoms with E-state index in [4.69, 9.17) is 9.26 Å². The number of nitrogens with zero attached hydrogens (tertiary/aromatic N) is 2. The van der Waals surface area contributed by atoms with Crippen molar-refractivity contribution in [2.24, 2.45) is 0 Å².